The molecule has 0 saturated carbocycles. The standard InChI is InChI=1S/C30H26N12O6S2.2Na/c31-23-13-25(33)29(15-27(23)39-35-17-4-8-21(9-5-17)49(43,44)45)41-37-19-2-1-3-20(12-19)38-42-30-16-28(24(32)14-26(30)34)40-36-18-6-10-22(11-7-18)50(46,47)48;;/h1-16H,31-34H2,(H,43,44,45)(H,46,47,48);;/q;2*+1/p-2. The average Bonchev–Trinajstić information content (AvgIpc) is 3.06. The maximum atomic E-state index is 11.1. The van der Waals surface area contributed by atoms with E-state index in [1.807, 2.05) is 0 Å². The summed E-state index contributed by atoms with van der Waals surface area (Å²) in [6.07, 6.45) is 0. The third-order valence-corrected chi connectivity index (χ3v) is 8.22. The average molecular weight is 759 g/mol. The Kier molecular flexibility index (Phi) is 14.4. The molecule has 52 heavy (non-hydrogen) atoms. The number of hydrogen-bond donors (Lipinski definition) is 4. The molecule has 5 aromatic carbocycles. The predicted octanol–water partition coefficient (Wildman–Crippen LogP) is 1.49. The van der Waals surface area contributed by atoms with Crippen LogP contribution in [-0.2, 0) is 20.2 Å². The van der Waals surface area contributed by atoms with Gasteiger partial charge in [0.25, 0.3) is 0 Å². The van der Waals surface area contributed by atoms with E-state index in [2.05, 4.69) is 40.9 Å². The van der Waals surface area contributed by atoms with Crippen molar-refractivity contribution in [3.05, 3.63) is 97.1 Å². The molecule has 0 aliphatic heterocycles. The third-order valence-electron chi connectivity index (χ3n) is 6.53. The fourth-order valence-electron chi connectivity index (χ4n) is 3.99. The summed E-state index contributed by atoms with van der Waals surface area (Å²) < 4.78 is 66.8. The van der Waals surface area contributed by atoms with Crippen molar-refractivity contribution in [3.63, 3.8) is 0 Å². The Balaban J connectivity index is 0.00000364. The molecule has 0 aliphatic carbocycles. The van der Waals surface area contributed by atoms with Crippen molar-refractivity contribution < 1.29 is 85.1 Å². The Labute approximate surface area is 341 Å². The number of rotatable bonds is 10. The van der Waals surface area contributed by atoms with E-state index in [4.69, 9.17) is 22.9 Å². The van der Waals surface area contributed by atoms with E-state index in [1.165, 1.54) is 48.5 Å². The zero-order chi connectivity index (χ0) is 36.1. The summed E-state index contributed by atoms with van der Waals surface area (Å²) in [5, 5.41) is 33.0. The number of azo groups is 4. The predicted molar refractivity (Wildman–Crippen MR) is 182 cm³/mol. The molecule has 254 valence electrons. The molecule has 0 saturated heterocycles. The van der Waals surface area contributed by atoms with Crippen LogP contribution >= 0.6 is 0 Å². The second-order valence-corrected chi connectivity index (χ2v) is 12.9. The molecular formula is C30H24N12Na2O6S2. The van der Waals surface area contributed by atoms with Crippen molar-refractivity contribution in [3.8, 4) is 0 Å². The fourth-order valence-corrected chi connectivity index (χ4v) is 4.93. The molecule has 0 fully saturated rings. The van der Waals surface area contributed by atoms with Crippen LogP contribution in [-0.4, -0.2) is 25.9 Å². The number of nitrogen functional groups attached to an aromatic ring is 4. The monoisotopic (exact) mass is 758 g/mol. The molecule has 0 amide bonds. The molecule has 22 heteroatoms. The van der Waals surface area contributed by atoms with Crippen LogP contribution in [0.5, 0.6) is 0 Å². The Morgan fingerprint density at radius 3 is 0.962 bits per heavy atom. The first-order valence-corrected chi connectivity index (χ1v) is 16.7. The zero-order valence-electron chi connectivity index (χ0n) is 27.4. The first-order chi connectivity index (χ1) is 23.7. The molecule has 0 aliphatic rings. The topological polar surface area (TPSA) is 317 Å². The van der Waals surface area contributed by atoms with Gasteiger partial charge in [-0.15, -0.1) is 20.5 Å². The normalized spacial score (nSPS) is 12.0. The first-order valence-electron chi connectivity index (χ1n) is 13.9. The van der Waals surface area contributed by atoms with Crippen molar-refractivity contribution in [2.45, 2.75) is 9.79 Å². The fraction of sp³-hybridized carbons (Fsp3) is 0. The van der Waals surface area contributed by atoms with Gasteiger partial charge in [0.05, 0.1) is 55.3 Å². The summed E-state index contributed by atoms with van der Waals surface area (Å²) in [6, 6.07) is 22.1. The van der Waals surface area contributed by atoms with Gasteiger partial charge in [-0.05, 0) is 91.0 Å². The van der Waals surface area contributed by atoms with Gasteiger partial charge >= 0.3 is 59.1 Å². The quantitative estimate of drug-likeness (QED) is 0.0688. The Morgan fingerprint density at radius 1 is 0.385 bits per heavy atom. The number of nitrogens with two attached hydrogens (primary N) is 4. The molecule has 0 radical (unpaired) electrons. The van der Waals surface area contributed by atoms with Crippen LogP contribution in [0.1, 0.15) is 0 Å². The van der Waals surface area contributed by atoms with Gasteiger partial charge in [0.2, 0.25) is 0 Å². The molecule has 0 unspecified atom stereocenters. The summed E-state index contributed by atoms with van der Waals surface area (Å²) in [4.78, 5) is -0.796. The summed E-state index contributed by atoms with van der Waals surface area (Å²) in [6.45, 7) is 0. The van der Waals surface area contributed by atoms with Gasteiger partial charge in [0, 0.05) is 0 Å². The van der Waals surface area contributed by atoms with Gasteiger partial charge in [-0.2, -0.15) is 20.5 Å². The van der Waals surface area contributed by atoms with Crippen molar-refractivity contribution in [2.75, 3.05) is 22.9 Å². The number of anilines is 4. The van der Waals surface area contributed by atoms with Crippen LogP contribution in [0.25, 0.3) is 0 Å². The second kappa shape index (κ2) is 17.8. The molecule has 0 heterocycles. The van der Waals surface area contributed by atoms with Gasteiger partial charge in [-0.25, -0.2) is 16.8 Å². The molecule has 5 aromatic rings. The number of benzene rings is 5. The van der Waals surface area contributed by atoms with Crippen molar-refractivity contribution in [1.29, 1.82) is 0 Å². The van der Waals surface area contributed by atoms with Gasteiger partial charge in [-0.1, -0.05) is 6.07 Å². The molecule has 0 bridgehead atoms. The van der Waals surface area contributed by atoms with Crippen molar-refractivity contribution >= 4 is 88.5 Å². The van der Waals surface area contributed by atoms with Gasteiger partial charge in [0.1, 0.15) is 43.0 Å². The van der Waals surface area contributed by atoms with E-state index in [9.17, 15) is 25.9 Å². The zero-order valence-corrected chi connectivity index (χ0v) is 33.0. The van der Waals surface area contributed by atoms with Gasteiger partial charge in [-0.3, -0.25) is 0 Å². The van der Waals surface area contributed by atoms with Crippen LogP contribution in [0.4, 0.5) is 68.2 Å². The first kappa shape index (κ1) is 41.9. The van der Waals surface area contributed by atoms with E-state index < -0.39 is 30.0 Å². The van der Waals surface area contributed by atoms with Crippen molar-refractivity contribution in [2.24, 2.45) is 40.9 Å². The van der Waals surface area contributed by atoms with Crippen LogP contribution in [0, 0.1) is 0 Å². The number of nitrogens with zero attached hydrogens (tertiary/aromatic N) is 8. The molecule has 5 rings (SSSR count). The molecule has 0 spiro atoms. The van der Waals surface area contributed by atoms with Crippen LogP contribution in [0.3, 0.4) is 0 Å². The largest absolute Gasteiger partial charge is 1.00 e. The summed E-state index contributed by atoms with van der Waals surface area (Å²) >= 11 is 0. The molecule has 8 N–H and O–H groups in total. The van der Waals surface area contributed by atoms with E-state index in [1.54, 1.807) is 24.3 Å². The minimum atomic E-state index is -4.60. The van der Waals surface area contributed by atoms with Gasteiger partial charge < -0.3 is 32.0 Å². The molecular weight excluding hydrogens is 735 g/mol. The maximum absolute atomic E-state index is 11.1. The van der Waals surface area contributed by atoms with E-state index in [0.29, 0.717) is 11.4 Å². The van der Waals surface area contributed by atoms with E-state index in [-0.39, 0.29) is 116 Å². The van der Waals surface area contributed by atoms with Crippen LogP contribution in [0.2, 0.25) is 0 Å². The molecule has 0 aromatic heterocycles. The summed E-state index contributed by atoms with van der Waals surface area (Å²) in [5.74, 6) is 0. The summed E-state index contributed by atoms with van der Waals surface area (Å²) in [5.41, 5.74) is 27.3. The number of hydrogen-bond acceptors (Lipinski definition) is 18. The SMILES string of the molecule is Nc1cc(N)c(N=Nc2cccc(N=Nc3cc(N=Nc4ccc(S(=O)(=O)[O-])cc4)c(N)cc3N)c2)cc1N=Nc1ccc(S(=O)(=O)[O-])cc1.[Na+].[Na+]. The Morgan fingerprint density at radius 2 is 0.673 bits per heavy atom. The Hall–Kier alpha value is -4.48. The van der Waals surface area contributed by atoms with Crippen LogP contribution in [0.15, 0.2) is 148 Å². The minimum absolute atomic E-state index is 0. The maximum Gasteiger partial charge on any atom is 1.00 e. The van der Waals surface area contributed by atoms with Gasteiger partial charge in [0.15, 0.2) is 0 Å². The second-order valence-electron chi connectivity index (χ2n) is 10.2. The minimum Gasteiger partial charge on any atom is -0.744 e. The van der Waals surface area contributed by atoms with Crippen LogP contribution < -0.4 is 82.0 Å². The van der Waals surface area contributed by atoms with E-state index >= 15 is 0 Å². The third kappa shape index (κ3) is 11.3. The molecule has 18 nitrogen and oxygen atoms in total. The van der Waals surface area contributed by atoms with E-state index in [0.717, 1.165) is 24.3 Å². The summed E-state index contributed by atoms with van der Waals surface area (Å²) in [7, 11) is -9.19. The molecule has 0 atom stereocenters. The Bertz CT molecular complexity index is 2260. The smallest absolute Gasteiger partial charge is 0.744 e. The van der Waals surface area contributed by atoms with Crippen molar-refractivity contribution in [1.82, 2.24) is 0 Å².